The zero-order valence-electron chi connectivity index (χ0n) is 42.2. The lowest BCUT2D eigenvalue weighted by molar-refractivity contribution is -0.150. The smallest absolute Gasteiger partial charge is 0.338 e. The van der Waals surface area contributed by atoms with Gasteiger partial charge in [0, 0.05) is 12.7 Å². The van der Waals surface area contributed by atoms with Crippen LogP contribution in [0.15, 0.2) is 96.6 Å². The number of aliphatic hydroxyl groups excluding tert-OH is 1. The number of esters is 5. The van der Waals surface area contributed by atoms with Gasteiger partial charge in [-0.15, -0.1) is 0 Å². The summed E-state index contributed by atoms with van der Waals surface area (Å²) in [6.45, 7) is 14.8. The average molecular weight is 971 g/mol. The number of methoxy groups -OCH3 is 1. The van der Waals surface area contributed by atoms with Crippen molar-refractivity contribution in [2.45, 2.75) is 105 Å². The minimum absolute atomic E-state index is 0.0501. The fourth-order valence-electron chi connectivity index (χ4n) is 8.15. The van der Waals surface area contributed by atoms with Gasteiger partial charge in [-0.1, -0.05) is 76.2 Å². The molecule has 6 unspecified atom stereocenters. The van der Waals surface area contributed by atoms with E-state index < -0.39 is 53.6 Å². The highest BCUT2D eigenvalue weighted by molar-refractivity contribution is 6.00. The van der Waals surface area contributed by atoms with Crippen LogP contribution in [0.4, 0.5) is 0 Å². The molecule has 0 saturated heterocycles. The Hall–Kier alpha value is -6.83. The molecule has 0 aromatic heterocycles. The molecule has 0 amide bonds. The summed E-state index contributed by atoms with van der Waals surface area (Å²) in [6, 6.07) is 26.4. The fourth-order valence-corrected chi connectivity index (χ4v) is 8.15. The number of hydrogen-bond acceptors (Lipinski definition) is 13. The van der Waals surface area contributed by atoms with Gasteiger partial charge >= 0.3 is 29.8 Å². The van der Waals surface area contributed by atoms with E-state index in [1.165, 1.54) is 12.5 Å². The molecule has 13 nitrogen and oxygen atoms in total. The molecule has 8 rings (SSSR count). The first-order chi connectivity index (χ1) is 34.2. The van der Waals surface area contributed by atoms with Gasteiger partial charge in [-0.05, 0) is 151 Å². The van der Waals surface area contributed by atoms with E-state index in [2.05, 4.69) is 0 Å². The molecule has 3 aliphatic rings. The molecule has 0 radical (unpaired) electrons. The van der Waals surface area contributed by atoms with Crippen molar-refractivity contribution in [3.8, 4) is 0 Å². The number of rotatable bonds is 18. The number of ether oxygens (including phenoxy) is 7. The van der Waals surface area contributed by atoms with E-state index in [0.29, 0.717) is 34.9 Å². The minimum atomic E-state index is -0.817. The summed E-state index contributed by atoms with van der Waals surface area (Å²) in [5.41, 5.74) is 2.70. The molecule has 0 aliphatic heterocycles. The standard InChI is InChI=1S/C54H54O13.2C2H6/c1-31(55)27-63-49(56)41-17-18-44-25-54(26-47(54)24-46(44)22-41)53(60)65-30-34(4)67-51(58)42-16-12-37-19-40(15-11-38(37)20-42)50(57)64-29-33(3)66-52(59)43-14-10-35-9-13-39(21-45(35)23-43)48(36-7-6-8-36)62-28-32(2)61-5;2*1-2/h9-25,31-34,47,55H,6-8,26-30H2,1-5H3;2*1-2H3. The summed E-state index contributed by atoms with van der Waals surface area (Å²) in [7, 11) is 1.66. The van der Waals surface area contributed by atoms with Crippen LogP contribution in [0.3, 0.4) is 0 Å². The van der Waals surface area contributed by atoms with Crippen LogP contribution in [0.25, 0.3) is 39.5 Å². The Morgan fingerprint density at radius 1 is 0.549 bits per heavy atom. The summed E-state index contributed by atoms with van der Waals surface area (Å²) >= 11 is 0. The van der Waals surface area contributed by atoms with Gasteiger partial charge in [-0.2, -0.15) is 0 Å². The predicted octanol–water partition coefficient (Wildman–Crippen LogP) is 9.30. The van der Waals surface area contributed by atoms with Crippen molar-refractivity contribution < 1.29 is 62.2 Å². The van der Waals surface area contributed by atoms with Gasteiger partial charge in [0.25, 0.3) is 0 Å². The summed E-state index contributed by atoms with van der Waals surface area (Å²) in [5.74, 6) is -1.91. The van der Waals surface area contributed by atoms with Crippen LogP contribution in [0.2, 0.25) is 0 Å². The first-order valence-corrected chi connectivity index (χ1v) is 24.6. The Balaban J connectivity index is 0.00000201. The van der Waals surface area contributed by atoms with Crippen LogP contribution >= 0.6 is 0 Å². The van der Waals surface area contributed by atoms with E-state index >= 15 is 0 Å². The molecular formula is C58H66O13. The molecule has 376 valence electrons. The van der Waals surface area contributed by atoms with Gasteiger partial charge in [0.05, 0.1) is 39.9 Å². The minimum Gasteiger partial charge on any atom is -0.490 e. The molecule has 71 heavy (non-hydrogen) atoms. The normalized spacial score (nSPS) is 17.7. The van der Waals surface area contributed by atoms with Gasteiger partial charge in [0.1, 0.15) is 44.4 Å². The predicted molar refractivity (Wildman–Crippen MR) is 272 cm³/mol. The molecule has 6 atom stereocenters. The molecule has 2 saturated carbocycles. The Bertz CT molecular complexity index is 2910. The van der Waals surface area contributed by atoms with Crippen LogP contribution in [0.5, 0.6) is 0 Å². The molecule has 1 N–H and O–H groups in total. The third-order valence-corrected chi connectivity index (χ3v) is 12.3. The number of benzene rings is 5. The zero-order valence-corrected chi connectivity index (χ0v) is 42.2. The first kappa shape index (κ1) is 53.5. The average Bonchev–Trinajstić information content (AvgIpc) is 4.10. The Morgan fingerprint density at radius 2 is 1.03 bits per heavy atom. The Morgan fingerprint density at radius 3 is 1.59 bits per heavy atom. The quantitative estimate of drug-likeness (QED) is 0.0501. The van der Waals surface area contributed by atoms with Crippen molar-refractivity contribution in [2.24, 2.45) is 11.3 Å². The van der Waals surface area contributed by atoms with E-state index in [4.69, 9.17) is 33.2 Å². The van der Waals surface area contributed by atoms with Gasteiger partial charge < -0.3 is 38.3 Å². The van der Waals surface area contributed by atoms with Gasteiger partial charge in [-0.25, -0.2) is 19.2 Å². The second kappa shape index (κ2) is 24.3. The summed E-state index contributed by atoms with van der Waals surface area (Å²) in [5, 5.41) is 14.2. The Kier molecular flexibility index (Phi) is 18.3. The van der Waals surface area contributed by atoms with Crippen LogP contribution in [0, 0.1) is 11.3 Å². The highest BCUT2D eigenvalue weighted by atomic mass is 16.6. The highest BCUT2D eigenvalue weighted by Gasteiger charge is 2.59. The number of allylic oxidation sites excluding steroid dienone is 1. The van der Waals surface area contributed by atoms with Crippen LogP contribution < -0.4 is 10.4 Å². The van der Waals surface area contributed by atoms with Crippen molar-refractivity contribution in [1.82, 2.24) is 0 Å². The third-order valence-electron chi connectivity index (χ3n) is 12.3. The molecule has 0 heterocycles. The number of aliphatic hydroxyl groups is 1. The van der Waals surface area contributed by atoms with E-state index in [1.54, 1.807) is 87.7 Å². The summed E-state index contributed by atoms with van der Waals surface area (Å²) in [4.78, 5) is 65.1. The van der Waals surface area contributed by atoms with Crippen molar-refractivity contribution in [1.29, 1.82) is 0 Å². The van der Waals surface area contributed by atoms with E-state index in [1.807, 2.05) is 71.0 Å². The molecular weight excluding hydrogens is 905 g/mol. The zero-order chi connectivity index (χ0) is 51.4. The number of carbonyl (C=O) groups excluding carboxylic acids is 5. The monoisotopic (exact) mass is 970 g/mol. The van der Waals surface area contributed by atoms with E-state index in [0.717, 1.165) is 51.8 Å². The van der Waals surface area contributed by atoms with Gasteiger partial charge in [-0.3, -0.25) is 4.79 Å². The second-order valence-electron chi connectivity index (χ2n) is 17.8. The summed E-state index contributed by atoms with van der Waals surface area (Å²) < 4.78 is 39.2. The lowest BCUT2D eigenvalue weighted by Gasteiger charge is -2.24. The topological polar surface area (TPSA) is 170 Å². The number of fused-ring (bicyclic) bond motifs is 4. The Labute approximate surface area is 415 Å². The molecule has 3 aliphatic carbocycles. The van der Waals surface area contributed by atoms with Crippen molar-refractivity contribution in [3.63, 3.8) is 0 Å². The SMILES string of the molecule is CC.CC.COC(C)COC(=C1CCC1)c1ccc2ccc(C(=O)OC(C)COC(=O)c3ccc4cc(C(=O)OC(C)COC(=O)C56C=c7ccc(C(=O)OCC(C)O)cc7=CC5C6)ccc4c3)cc2c1. The van der Waals surface area contributed by atoms with Gasteiger partial charge in [0.2, 0.25) is 0 Å². The fraction of sp³-hybridized carbons (Fsp3) is 0.397. The molecule has 5 aromatic rings. The van der Waals surface area contributed by atoms with Crippen molar-refractivity contribution in [3.05, 3.63) is 135 Å². The lowest BCUT2D eigenvalue weighted by Crippen LogP contribution is -2.34. The maximum Gasteiger partial charge on any atom is 0.338 e. The van der Waals surface area contributed by atoms with Crippen molar-refractivity contribution in [2.75, 3.05) is 33.5 Å². The second-order valence-corrected chi connectivity index (χ2v) is 17.8. The largest absolute Gasteiger partial charge is 0.490 e. The number of hydrogen-bond donors (Lipinski definition) is 1. The van der Waals surface area contributed by atoms with E-state index in [9.17, 15) is 29.1 Å². The molecule has 2 fully saturated rings. The molecule has 0 bridgehead atoms. The summed E-state index contributed by atoms with van der Waals surface area (Å²) in [6.07, 6.45) is 5.21. The molecule has 13 heteroatoms. The number of carbonyl (C=O) groups is 5. The van der Waals surface area contributed by atoms with Crippen molar-refractivity contribution >= 4 is 69.3 Å². The first-order valence-electron chi connectivity index (χ1n) is 24.6. The van der Waals surface area contributed by atoms with Crippen LogP contribution in [-0.4, -0.2) is 92.9 Å². The maximum absolute atomic E-state index is 13.3. The van der Waals surface area contributed by atoms with Crippen LogP contribution in [-0.2, 0) is 38.0 Å². The van der Waals surface area contributed by atoms with Crippen LogP contribution in [0.1, 0.15) is 128 Å². The lowest BCUT2D eigenvalue weighted by atomic mass is 9.89. The molecule has 0 spiro atoms. The third kappa shape index (κ3) is 13.1. The molecule has 5 aromatic carbocycles. The van der Waals surface area contributed by atoms with Gasteiger partial charge in [0.15, 0.2) is 0 Å². The van der Waals surface area contributed by atoms with E-state index in [-0.39, 0.29) is 43.0 Å². The highest BCUT2D eigenvalue weighted by Crippen LogP contribution is 2.56. The maximum atomic E-state index is 13.3.